The number of hydrogen-bond acceptors (Lipinski definition) is 2. The molecule has 0 aliphatic carbocycles. The molecule has 4 nitrogen and oxygen atoms in total. The summed E-state index contributed by atoms with van der Waals surface area (Å²) < 4.78 is 0. The zero-order valence-electron chi connectivity index (χ0n) is 12.4. The molecule has 1 atom stereocenters. The first-order valence-corrected chi connectivity index (χ1v) is 8.04. The number of amides is 2. The molecule has 1 N–H and O–H groups in total. The monoisotopic (exact) mass is 267 g/mol. The van der Waals surface area contributed by atoms with Crippen LogP contribution in [0.2, 0.25) is 0 Å². The summed E-state index contributed by atoms with van der Waals surface area (Å²) in [6, 6.07) is 0.900. The molecule has 2 aliphatic rings. The maximum Gasteiger partial charge on any atom is 0.317 e. The average molecular weight is 267 g/mol. The van der Waals surface area contributed by atoms with Gasteiger partial charge in [0.1, 0.15) is 0 Å². The summed E-state index contributed by atoms with van der Waals surface area (Å²) in [5.74, 6) is 0. The van der Waals surface area contributed by atoms with Gasteiger partial charge in [-0.1, -0.05) is 6.42 Å². The second-order valence-corrected chi connectivity index (χ2v) is 6.01. The highest BCUT2D eigenvalue weighted by atomic mass is 16.2. The summed E-state index contributed by atoms with van der Waals surface area (Å²) in [5.41, 5.74) is 0. The maximum atomic E-state index is 11.8. The van der Waals surface area contributed by atoms with Gasteiger partial charge in [-0.3, -0.25) is 0 Å². The minimum absolute atomic E-state index is 0.142. The molecule has 2 fully saturated rings. The highest BCUT2D eigenvalue weighted by molar-refractivity contribution is 5.74. The Balaban J connectivity index is 1.50. The number of nitrogens with zero attached hydrogens (tertiary/aromatic N) is 2. The van der Waals surface area contributed by atoms with E-state index < -0.39 is 0 Å². The highest BCUT2D eigenvalue weighted by Gasteiger charge is 2.18. The molecule has 0 spiro atoms. The molecule has 0 saturated carbocycles. The van der Waals surface area contributed by atoms with Crippen LogP contribution in [0.25, 0.3) is 0 Å². The molecule has 2 rings (SSSR count). The maximum absolute atomic E-state index is 11.8. The van der Waals surface area contributed by atoms with Gasteiger partial charge in [0.25, 0.3) is 0 Å². The normalized spacial score (nSPS) is 24.7. The molecule has 1 unspecified atom stereocenters. The van der Waals surface area contributed by atoms with Gasteiger partial charge in [-0.15, -0.1) is 0 Å². The Labute approximate surface area is 117 Å². The lowest BCUT2D eigenvalue weighted by atomic mass is 10.0. The topological polar surface area (TPSA) is 35.6 Å². The van der Waals surface area contributed by atoms with Crippen molar-refractivity contribution in [3.05, 3.63) is 0 Å². The van der Waals surface area contributed by atoms with Crippen molar-refractivity contribution in [1.29, 1.82) is 0 Å². The van der Waals surface area contributed by atoms with E-state index in [-0.39, 0.29) is 6.03 Å². The summed E-state index contributed by atoms with van der Waals surface area (Å²) in [4.78, 5) is 16.3. The molecule has 0 aromatic rings. The van der Waals surface area contributed by atoms with Crippen LogP contribution >= 0.6 is 0 Å². The Kier molecular flexibility index (Phi) is 5.95. The van der Waals surface area contributed by atoms with E-state index in [1.165, 1.54) is 51.6 Å². The van der Waals surface area contributed by atoms with E-state index >= 15 is 0 Å². The molecule has 0 aromatic carbocycles. The molecule has 2 amide bonds. The van der Waals surface area contributed by atoms with Crippen molar-refractivity contribution in [1.82, 2.24) is 15.1 Å². The fraction of sp³-hybridized carbons (Fsp3) is 0.933. The van der Waals surface area contributed by atoms with Crippen LogP contribution in [0.1, 0.15) is 51.9 Å². The van der Waals surface area contributed by atoms with Crippen molar-refractivity contribution in [2.75, 3.05) is 32.7 Å². The van der Waals surface area contributed by atoms with Gasteiger partial charge in [0, 0.05) is 25.7 Å². The van der Waals surface area contributed by atoms with Crippen LogP contribution < -0.4 is 5.32 Å². The van der Waals surface area contributed by atoms with E-state index in [9.17, 15) is 4.79 Å². The van der Waals surface area contributed by atoms with Crippen molar-refractivity contribution in [2.45, 2.75) is 57.9 Å². The number of likely N-dealkylation sites (tertiary alicyclic amines) is 2. The Morgan fingerprint density at radius 2 is 1.84 bits per heavy atom. The van der Waals surface area contributed by atoms with E-state index in [0.717, 1.165) is 32.1 Å². The molecule has 0 radical (unpaired) electrons. The lowest BCUT2D eigenvalue weighted by Gasteiger charge is -2.33. The number of unbranched alkanes of at least 4 members (excludes halogenated alkanes) is 1. The first-order valence-electron chi connectivity index (χ1n) is 8.04. The third kappa shape index (κ3) is 4.68. The number of carbonyl (C=O) groups excluding carboxylic acids is 1. The molecule has 0 bridgehead atoms. The van der Waals surface area contributed by atoms with Gasteiger partial charge < -0.3 is 15.1 Å². The number of rotatable bonds is 5. The Hall–Kier alpha value is -0.770. The zero-order chi connectivity index (χ0) is 13.5. The number of piperidine rings is 1. The van der Waals surface area contributed by atoms with Crippen LogP contribution in [-0.2, 0) is 0 Å². The number of nitrogens with one attached hydrogen (secondary N) is 1. The smallest absolute Gasteiger partial charge is 0.317 e. The Morgan fingerprint density at radius 3 is 2.58 bits per heavy atom. The fourth-order valence-corrected chi connectivity index (χ4v) is 3.16. The van der Waals surface area contributed by atoms with Gasteiger partial charge in [0.15, 0.2) is 0 Å². The molecule has 4 heteroatoms. The van der Waals surface area contributed by atoms with Crippen molar-refractivity contribution in [2.24, 2.45) is 0 Å². The third-order valence-corrected chi connectivity index (χ3v) is 4.48. The van der Waals surface area contributed by atoms with Gasteiger partial charge in [-0.2, -0.15) is 0 Å². The minimum atomic E-state index is 0.142. The highest BCUT2D eigenvalue weighted by Crippen LogP contribution is 2.16. The summed E-state index contributed by atoms with van der Waals surface area (Å²) in [7, 11) is 0. The van der Waals surface area contributed by atoms with Crippen LogP contribution in [0, 0.1) is 0 Å². The number of hydrogen-bond donors (Lipinski definition) is 1. The SMILES string of the molecule is CC1CCCCN1CCCCNC(=O)N1CCCC1. The lowest BCUT2D eigenvalue weighted by Crippen LogP contribution is -2.39. The molecular formula is C15H29N3O. The summed E-state index contributed by atoms with van der Waals surface area (Å²) >= 11 is 0. The summed E-state index contributed by atoms with van der Waals surface area (Å²) in [5, 5.41) is 3.04. The second kappa shape index (κ2) is 7.73. The lowest BCUT2D eigenvalue weighted by molar-refractivity contribution is 0.158. The Morgan fingerprint density at radius 1 is 1.11 bits per heavy atom. The van der Waals surface area contributed by atoms with Crippen LogP contribution in [0.5, 0.6) is 0 Å². The van der Waals surface area contributed by atoms with Gasteiger partial charge >= 0.3 is 6.03 Å². The zero-order valence-corrected chi connectivity index (χ0v) is 12.4. The van der Waals surface area contributed by atoms with Crippen LogP contribution in [-0.4, -0.2) is 54.6 Å². The molecule has 19 heavy (non-hydrogen) atoms. The molecule has 2 saturated heterocycles. The Bertz CT molecular complexity index is 277. The number of urea groups is 1. The predicted octanol–water partition coefficient (Wildman–Crippen LogP) is 2.45. The second-order valence-electron chi connectivity index (χ2n) is 6.01. The predicted molar refractivity (Wildman–Crippen MR) is 78.3 cm³/mol. The van der Waals surface area contributed by atoms with Gasteiger partial charge in [0.05, 0.1) is 0 Å². The van der Waals surface area contributed by atoms with Crippen LogP contribution in [0.3, 0.4) is 0 Å². The van der Waals surface area contributed by atoms with Gasteiger partial charge in [0.2, 0.25) is 0 Å². The third-order valence-electron chi connectivity index (χ3n) is 4.48. The fourth-order valence-electron chi connectivity index (χ4n) is 3.16. The largest absolute Gasteiger partial charge is 0.338 e. The summed E-state index contributed by atoms with van der Waals surface area (Å²) in [6.07, 6.45) is 8.74. The molecule has 0 aromatic heterocycles. The molecule has 2 aliphatic heterocycles. The van der Waals surface area contributed by atoms with Crippen LogP contribution in [0.4, 0.5) is 4.79 Å². The van der Waals surface area contributed by atoms with Gasteiger partial charge in [-0.25, -0.2) is 4.79 Å². The molecule has 2 heterocycles. The van der Waals surface area contributed by atoms with Gasteiger partial charge in [-0.05, 0) is 58.5 Å². The van der Waals surface area contributed by atoms with E-state index in [0.29, 0.717) is 0 Å². The van der Waals surface area contributed by atoms with Crippen LogP contribution in [0.15, 0.2) is 0 Å². The average Bonchev–Trinajstić information content (AvgIpc) is 2.94. The first kappa shape index (κ1) is 14.6. The van der Waals surface area contributed by atoms with Crippen molar-refractivity contribution in [3.8, 4) is 0 Å². The standard InChI is InChI=1S/C15H29N3O/c1-14-8-2-4-10-17(14)11-5-3-9-16-15(19)18-12-6-7-13-18/h14H,2-13H2,1H3,(H,16,19). The molecular weight excluding hydrogens is 238 g/mol. The van der Waals surface area contributed by atoms with Crippen molar-refractivity contribution < 1.29 is 4.79 Å². The van der Waals surface area contributed by atoms with E-state index in [1.54, 1.807) is 0 Å². The van der Waals surface area contributed by atoms with E-state index in [2.05, 4.69) is 17.1 Å². The van der Waals surface area contributed by atoms with Crippen molar-refractivity contribution >= 4 is 6.03 Å². The van der Waals surface area contributed by atoms with Crippen molar-refractivity contribution in [3.63, 3.8) is 0 Å². The molecule has 110 valence electrons. The quantitative estimate of drug-likeness (QED) is 0.777. The van der Waals surface area contributed by atoms with E-state index in [1.807, 2.05) is 4.90 Å². The van der Waals surface area contributed by atoms with E-state index in [4.69, 9.17) is 0 Å². The summed E-state index contributed by atoms with van der Waals surface area (Å²) in [6.45, 7) is 7.52. The number of carbonyl (C=O) groups is 1. The first-order chi connectivity index (χ1) is 9.27. The minimum Gasteiger partial charge on any atom is -0.338 e.